The molecule has 204 valence electrons. The van der Waals surface area contributed by atoms with Crippen LogP contribution in [-0.4, -0.2) is 106 Å². The van der Waals surface area contributed by atoms with E-state index in [4.69, 9.17) is 0 Å². The number of anilines is 1. The lowest BCUT2D eigenvalue weighted by molar-refractivity contribution is -0.140. The van der Waals surface area contributed by atoms with Gasteiger partial charge >= 0.3 is 0 Å². The zero-order chi connectivity index (χ0) is 27.0. The molecule has 1 N–H and O–H groups in total. The third-order valence-electron chi connectivity index (χ3n) is 8.28. The van der Waals surface area contributed by atoms with Crippen molar-refractivity contribution >= 4 is 23.4 Å². The monoisotopic (exact) mass is 522 g/mol. The van der Waals surface area contributed by atoms with Crippen molar-refractivity contribution in [2.75, 3.05) is 57.3 Å². The first kappa shape index (κ1) is 26.2. The summed E-state index contributed by atoms with van der Waals surface area (Å²) in [5.41, 5.74) is 6.20. The summed E-state index contributed by atoms with van der Waals surface area (Å²) in [4.78, 5) is 46.3. The van der Waals surface area contributed by atoms with Crippen molar-refractivity contribution < 1.29 is 19.5 Å². The summed E-state index contributed by atoms with van der Waals surface area (Å²) in [6, 6.07) is 6.36. The largest absolute Gasteiger partial charge is 0.384 e. The first-order chi connectivity index (χ1) is 18.2. The van der Waals surface area contributed by atoms with Gasteiger partial charge in [-0.2, -0.15) is 5.10 Å². The van der Waals surface area contributed by atoms with Gasteiger partial charge in [-0.25, -0.2) is 0 Å². The number of carbonyl (C=O) groups is 3. The Hall–Kier alpha value is -3.40. The summed E-state index contributed by atoms with van der Waals surface area (Å²) < 4.78 is 1.75. The van der Waals surface area contributed by atoms with Gasteiger partial charge in [-0.15, -0.1) is 0 Å². The minimum atomic E-state index is -1.04. The van der Waals surface area contributed by atoms with Gasteiger partial charge in [0.1, 0.15) is 12.6 Å². The molecule has 0 spiro atoms. The molecule has 3 aliphatic rings. The molecule has 1 atom stereocenters. The third-order valence-corrected chi connectivity index (χ3v) is 8.28. The Kier molecular flexibility index (Phi) is 7.43. The summed E-state index contributed by atoms with van der Waals surface area (Å²) >= 11 is 0. The lowest BCUT2D eigenvalue weighted by Crippen LogP contribution is -2.52. The van der Waals surface area contributed by atoms with E-state index < -0.39 is 6.10 Å². The fourth-order valence-electron chi connectivity index (χ4n) is 5.86. The van der Waals surface area contributed by atoms with E-state index in [0.29, 0.717) is 45.0 Å². The van der Waals surface area contributed by atoms with Crippen LogP contribution in [0.2, 0.25) is 0 Å². The highest BCUT2D eigenvalue weighted by Gasteiger charge is 2.33. The molecule has 2 fully saturated rings. The van der Waals surface area contributed by atoms with E-state index >= 15 is 0 Å². The standard InChI is InChI=1S/C28H38N6O4/c1-19-6-4-8-23(20(19)2)30-10-12-31(13-11-30)25(36)18-34-24-9-5-7-22(24)26(29-34)28(38)33-16-14-32(15-17-33)27(37)21(3)35/h4,6,8,21,35H,5,7,9-18H2,1-3H3. The van der Waals surface area contributed by atoms with Gasteiger partial charge in [0.05, 0.1) is 0 Å². The highest BCUT2D eigenvalue weighted by Crippen LogP contribution is 2.27. The zero-order valence-electron chi connectivity index (χ0n) is 22.6. The minimum Gasteiger partial charge on any atom is -0.384 e. The molecular weight excluding hydrogens is 484 g/mol. The van der Waals surface area contributed by atoms with E-state index in [1.54, 1.807) is 14.5 Å². The van der Waals surface area contributed by atoms with Gasteiger partial charge in [0.2, 0.25) is 5.91 Å². The average molecular weight is 523 g/mol. The molecule has 2 aliphatic heterocycles. The van der Waals surface area contributed by atoms with Crippen LogP contribution < -0.4 is 4.90 Å². The number of aliphatic hydroxyl groups is 1. The van der Waals surface area contributed by atoms with Crippen molar-refractivity contribution in [3.05, 3.63) is 46.3 Å². The molecule has 0 bridgehead atoms. The number of hydrogen-bond donors (Lipinski definition) is 1. The molecule has 10 heteroatoms. The summed E-state index contributed by atoms with van der Waals surface area (Å²) in [5, 5.41) is 14.2. The van der Waals surface area contributed by atoms with Crippen LogP contribution in [0, 0.1) is 13.8 Å². The number of nitrogens with zero attached hydrogens (tertiary/aromatic N) is 6. The number of hydrogen-bond acceptors (Lipinski definition) is 6. The average Bonchev–Trinajstić information content (AvgIpc) is 3.53. The van der Waals surface area contributed by atoms with Crippen LogP contribution in [0.4, 0.5) is 5.69 Å². The number of piperazine rings is 2. The van der Waals surface area contributed by atoms with Crippen LogP contribution >= 0.6 is 0 Å². The number of rotatable bonds is 5. The molecule has 0 radical (unpaired) electrons. The second kappa shape index (κ2) is 10.8. The number of aliphatic hydroxyl groups excluding tert-OH is 1. The quantitative estimate of drug-likeness (QED) is 0.629. The number of amides is 3. The number of fused-ring (bicyclic) bond motifs is 1. The number of aromatic nitrogens is 2. The van der Waals surface area contributed by atoms with E-state index in [9.17, 15) is 19.5 Å². The van der Waals surface area contributed by atoms with E-state index in [1.165, 1.54) is 23.7 Å². The normalized spacial score (nSPS) is 18.5. The lowest BCUT2D eigenvalue weighted by atomic mass is 10.1. The van der Waals surface area contributed by atoms with Gasteiger partial charge in [-0.1, -0.05) is 12.1 Å². The summed E-state index contributed by atoms with van der Waals surface area (Å²) in [7, 11) is 0. The molecule has 0 saturated carbocycles. The highest BCUT2D eigenvalue weighted by molar-refractivity contribution is 5.94. The third kappa shape index (κ3) is 5.01. The fourth-order valence-corrected chi connectivity index (χ4v) is 5.86. The van der Waals surface area contributed by atoms with Crippen LogP contribution in [0.1, 0.15) is 46.2 Å². The first-order valence-corrected chi connectivity index (χ1v) is 13.7. The van der Waals surface area contributed by atoms with Gasteiger partial charge in [-0.3, -0.25) is 19.1 Å². The van der Waals surface area contributed by atoms with E-state index in [2.05, 4.69) is 42.0 Å². The zero-order valence-corrected chi connectivity index (χ0v) is 22.6. The molecule has 38 heavy (non-hydrogen) atoms. The van der Waals surface area contributed by atoms with Crippen LogP contribution in [0.3, 0.4) is 0 Å². The predicted molar refractivity (Wildman–Crippen MR) is 143 cm³/mol. The maximum atomic E-state index is 13.4. The van der Waals surface area contributed by atoms with Crippen LogP contribution in [-0.2, 0) is 29.0 Å². The Morgan fingerprint density at radius 3 is 2.26 bits per heavy atom. The van der Waals surface area contributed by atoms with E-state index in [1.807, 2.05) is 4.90 Å². The molecule has 1 aromatic heterocycles. The molecule has 1 unspecified atom stereocenters. The van der Waals surface area contributed by atoms with Gasteiger partial charge in [0.15, 0.2) is 5.69 Å². The molecule has 3 amide bonds. The van der Waals surface area contributed by atoms with Gasteiger partial charge in [0, 0.05) is 69.3 Å². The Balaban J connectivity index is 1.22. The van der Waals surface area contributed by atoms with Crippen molar-refractivity contribution in [1.29, 1.82) is 0 Å². The van der Waals surface area contributed by atoms with E-state index in [0.717, 1.165) is 43.6 Å². The number of aryl methyl sites for hydroxylation is 1. The molecule has 5 rings (SSSR count). The highest BCUT2D eigenvalue weighted by atomic mass is 16.3. The number of carbonyl (C=O) groups excluding carboxylic acids is 3. The molecule has 1 aromatic carbocycles. The molecule has 3 heterocycles. The Morgan fingerprint density at radius 1 is 0.921 bits per heavy atom. The maximum Gasteiger partial charge on any atom is 0.274 e. The summed E-state index contributed by atoms with van der Waals surface area (Å²) in [6.07, 6.45) is 1.52. The van der Waals surface area contributed by atoms with Crippen molar-refractivity contribution in [3.63, 3.8) is 0 Å². The molecule has 1 aliphatic carbocycles. The summed E-state index contributed by atoms with van der Waals surface area (Å²) in [6.45, 7) is 10.4. The lowest BCUT2D eigenvalue weighted by Gasteiger charge is -2.37. The molecule has 2 saturated heterocycles. The second-order valence-corrected chi connectivity index (χ2v) is 10.7. The summed E-state index contributed by atoms with van der Waals surface area (Å²) in [5.74, 6) is -0.414. The van der Waals surface area contributed by atoms with Crippen molar-refractivity contribution in [2.24, 2.45) is 0 Å². The maximum absolute atomic E-state index is 13.4. The second-order valence-electron chi connectivity index (χ2n) is 10.7. The van der Waals surface area contributed by atoms with Gasteiger partial charge in [-0.05, 0) is 57.2 Å². The van der Waals surface area contributed by atoms with Crippen molar-refractivity contribution in [1.82, 2.24) is 24.5 Å². The van der Waals surface area contributed by atoms with Gasteiger partial charge < -0.3 is 24.7 Å². The number of benzene rings is 1. The van der Waals surface area contributed by atoms with Crippen LogP contribution in [0.15, 0.2) is 18.2 Å². The smallest absolute Gasteiger partial charge is 0.274 e. The predicted octanol–water partition coefficient (Wildman–Crippen LogP) is 1.00. The molecule has 2 aromatic rings. The Morgan fingerprint density at radius 2 is 1.58 bits per heavy atom. The SMILES string of the molecule is Cc1cccc(N2CCN(C(=O)Cn3nc(C(=O)N4CCN(C(=O)C(C)O)CC4)c4c3CCC4)CC2)c1C. The topological polar surface area (TPSA) is 102 Å². The van der Waals surface area contributed by atoms with Crippen molar-refractivity contribution in [2.45, 2.75) is 52.7 Å². The minimum absolute atomic E-state index is 0.0343. The van der Waals surface area contributed by atoms with Crippen LogP contribution in [0.5, 0.6) is 0 Å². The Labute approximate surface area is 223 Å². The van der Waals surface area contributed by atoms with E-state index in [-0.39, 0.29) is 24.3 Å². The van der Waals surface area contributed by atoms with Gasteiger partial charge in [0.25, 0.3) is 11.8 Å². The van der Waals surface area contributed by atoms with Crippen LogP contribution in [0.25, 0.3) is 0 Å². The van der Waals surface area contributed by atoms with Crippen molar-refractivity contribution in [3.8, 4) is 0 Å². The first-order valence-electron chi connectivity index (χ1n) is 13.7. The Bertz CT molecular complexity index is 1220. The molecular formula is C28H38N6O4. The molecule has 10 nitrogen and oxygen atoms in total. The fraction of sp³-hybridized carbons (Fsp3) is 0.571.